The maximum absolute atomic E-state index is 9.62. The SMILES string of the molecule is CCC[CH2][Sn]([CH2]CCC)([CH2]CCC)[c]1cc(C)c(C)cc1-c1nnc(-c2ccc(OC)c(OC)c2)s1.COc1ccc(-c2nnc(-c3cc(C)c(C)cc3I)s2)cc1OC.Oc1ccc(-c2nnc(-c3cc(O)c(O)cc3I)s2)cc1O. The molecule has 0 atom stereocenters. The van der Waals surface area contributed by atoms with Crippen LogP contribution in [0.5, 0.6) is 46.0 Å². The van der Waals surface area contributed by atoms with E-state index in [0.717, 1.165) is 46.0 Å². The van der Waals surface area contributed by atoms with Crippen molar-refractivity contribution >= 4 is 101 Å². The van der Waals surface area contributed by atoms with Crippen LogP contribution in [-0.2, 0) is 0 Å². The molecule has 0 saturated carbocycles. The van der Waals surface area contributed by atoms with Crippen molar-refractivity contribution in [2.24, 2.45) is 0 Å². The summed E-state index contributed by atoms with van der Waals surface area (Å²) in [5, 5.41) is 69.2. The second kappa shape index (κ2) is 30.0. The number of phenols is 4. The molecule has 0 aliphatic heterocycles. The van der Waals surface area contributed by atoms with Crippen LogP contribution in [0.1, 0.15) is 81.5 Å². The first kappa shape index (κ1) is 64.2. The molecule has 20 heteroatoms. The number of hydrogen-bond acceptors (Lipinski definition) is 17. The van der Waals surface area contributed by atoms with Gasteiger partial charge < -0.3 is 29.9 Å². The molecule has 0 spiro atoms. The number of aromatic hydroxyl groups is 4. The molecule has 0 aliphatic rings. The molecule has 0 amide bonds. The summed E-state index contributed by atoms with van der Waals surface area (Å²) in [6, 6.07) is 28.4. The van der Waals surface area contributed by atoms with Crippen molar-refractivity contribution in [3.05, 3.63) is 120 Å². The van der Waals surface area contributed by atoms with Gasteiger partial charge in [-0.25, -0.2) is 0 Å². The van der Waals surface area contributed by atoms with E-state index in [1.54, 1.807) is 60.8 Å². The minimum atomic E-state index is -2.68. The molecule has 6 aromatic carbocycles. The first-order valence-corrected chi connectivity index (χ1v) is 39.1. The molecule has 0 fully saturated rings. The third-order valence-corrected chi connectivity index (χ3v) is 34.8. The Morgan fingerprint density at radius 2 is 0.744 bits per heavy atom. The smallest absolute Gasteiger partial charge is 0.161 e. The van der Waals surface area contributed by atoms with Gasteiger partial charge >= 0.3 is 228 Å². The van der Waals surface area contributed by atoms with Crippen molar-refractivity contribution < 1.29 is 39.4 Å². The summed E-state index contributed by atoms with van der Waals surface area (Å²) in [4.78, 5) is 0. The minimum absolute atomic E-state index is 0.193. The van der Waals surface area contributed by atoms with Crippen LogP contribution in [0.2, 0.25) is 13.3 Å². The second-order valence-corrected chi connectivity index (χ2v) is 38.3. The number of benzene rings is 6. The van der Waals surface area contributed by atoms with Gasteiger partial charge in [0.15, 0.2) is 34.5 Å². The van der Waals surface area contributed by atoms with Crippen molar-refractivity contribution in [3.8, 4) is 109 Å². The Morgan fingerprint density at radius 1 is 0.390 bits per heavy atom. The fourth-order valence-electron chi connectivity index (χ4n) is 9.36. The van der Waals surface area contributed by atoms with Crippen LogP contribution in [0.15, 0.2) is 91.0 Å². The van der Waals surface area contributed by atoms with Gasteiger partial charge in [-0.3, -0.25) is 0 Å². The fourth-order valence-corrected chi connectivity index (χ4v) is 31.1. The monoisotopic (exact) mass is 1500 g/mol. The standard InChI is InChI=1S/C18H17IN2O2S.C18H17N2O2S.C14H9IN2O4S.3C4H9.Sn/c1-10-7-13(14(19)8-11(10)2)18-21-20-17(24-18)12-5-6-15(22-3)16(9-12)23-4;1-11-5-6-13(9-12(11)2)17-19-20-18(23-17)14-7-8-15(21-3)16(10-14)22-4;15-8-5-12(21)11(20)4-7(8)14-17-16-13(22-14)6-1-2-9(18)10(19)3-6;3*1-3-4-2;/h5-9H,1-4H3;5,7-10H,1-4H3;1-5,18-21H;3*1,3-4H2,2H3;. The molecule has 82 heavy (non-hydrogen) atoms. The second-order valence-electron chi connectivity index (χ2n) is 19.9. The molecule has 9 aromatic rings. The molecule has 0 aliphatic carbocycles. The van der Waals surface area contributed by atoms with E-state index >= 15 is 0 Å². The Balaban J connectivity index is 0.000000184. The van der Waals surface area contributed by atoms with Gasteiger partial charge in [0.25, 0.3) is 0 Å². The molecule has 0 radical (unpaired) electrons. The van der Waals surface area contributed by atoms with Crippen LogP contribution < -0.4 is 22.5 Å². The van der Waals surface area contributed by atoms with Gasteiger partial charge in [0.2, 0.25) is 0 Å². The Kier molecular flexibility index (Phi) is 23.5. The summed E-state index contributed by atoms with van der Waals surface area (Å²) < 4.78 is 29.6. The summed E-state index contributed by atoms with van der Waals surface area (Å²) >= 11 is 6.26. The summed E-state index contributed by atoms with van der Waals surface area (Å²) in [5.74, 6) is 1.98. The van der Waals surface area contributed by atoms with Crippen LogP contribution in [0, 0.1) is 34.8 Å². The number of unbranched alkanes of at least 4 members (excludes halogenated alkanes) is 3. The van der Waals surface area contributed by atoms with E-state index in [2.05, 4.69) is 121 Å². The predicted molar refractivity (Wildman–Crippen MR) is 354 cm³/mol. The predicted octanol–water partition coefficient (Wildman–Crippen LogP) is 17.0. The van der Waals surface area contributed by atoms with E-state index in [-0.39, 0.29) is 23.0 Å². The molecule has 14 nitrogen and oxygen atoms in total. The summed E-state index contributed by atoms with van der Waals surface area (Å²) in [7, 11) is 6.59. The minimum Gasteiger partial charge on any atom is -0.504 e. The number of phenolic OH excluding ortho intramolecular Hbond substituents is 4. The normalized spacial score (nSPS) is 11.1. The van der Waals surface area contributed by atoms with Gasteiger partial charge in [-0.15, -0.1) is 20.4 Å². The Labute approximate surface area is 524 Å². The molecule has 3 aromatic heterocycles. The van der Waals surface area contributed by atoms with Crippen LogP contribution in [0.4, 0.5) is 0 Å². The number of aromatic nitrogens is 6. The number of hydrogen-bond donors (Lipinski definition) is 4. The molecule has 432 valence electrons. The van der Waals surface area contributed by atoms with Gasteiger partial charge in [0, 0.05) is 29.4 Å². The first-order chi connectivity index (χ1) is 39.4. The quantitative estimate of drug-likeness (QED) is 0.0320. The zero-order valence-corrected chi connectivity index (χ0v) is 57.7. The third-order valence-electron chi connectivity index (χ3n) is 14.3. The van der Waals surface area contributed by atoms with Gasteiger partial charge in [0.05, 0.1) is 14.2 Å². The maximum atomic E-state index is 9.62. The number of rotatable bonds is 20. The molecule has 0 bridgehead atoms. The first-order valence-electron chi connectivity index (χ1n) is 27.0. The summed E-state index contributed by atoms with van der Waals surface area (Å²) in [6.45, 7) is 15.8. The van der Waals surface area contributed by atoms with Crippen LogP contribution >= 0.6 is 79.2 Å². The molecular weight excluding hydrogens is 1430 g/mol. The van der Waals surface area contributed by atoms with E-state index in [4.69, 9.17) is 24.0 Å². The van der Waals surface area contributed by atoms with E-state index in [1.807, 2.05) is 59.0 Å². The average molecular weight is 1500 g/mol. The van der Waals surface area contributed by atoms with Crippen molar-refractivity contribution in [2.45, 2.75) is 100 Å². The number of aryl methyl sites for hydroxylation is 4. The molecule has 3 heterocycles. The van der Waals surface area contributed by atoms with E-state index in [0.29, 0.717) is 38.4 Å². The summed E-state index contributed by atoms with van der Waals surface area (Å²) in [6.07, 6.45) is 7.88. The van der Waals surface area contributed by atoms with Gasteiger partial charge in [0.1, 0.15) is 20.0 Å². The largest absolute Gasteiger partial charge is 0.504 e. The maximum Gasteiger partial charge on any atom is 0.161 e. The van der Waals surface area contributed by atoms with Crippen LogP contribution in [0.25, 0.3) is 63.4 Å². The molecule has 0 saturated heterocycles. The molecule has 0 unspecified atom stereocenters. The molecular formula is C62H70I2N6O8S3Sn. The van der Waals surface area contributed by atoms with Crippen molar-refractivity contribution in [1.29, 1.82) is 0 Å². The molecule has 9 rings (SSSR count). The number of ether oxygens (including phenoxy) is 4. The van der Waals surface area contributed by atoms with Crippen molar-refractivity contribution in [1.82, 2.24) is 30.6 Å². The van der Waals surface area contributed by atoms with E-state index < -0.39 is 18.4 Å². The Hall–Kier alpha value is -5.34. The number of nitrogens with zero attached hydrogens (tertiary/aromatic N) is 6. The number of methoxy groups -OCH3 is 4. The van der Waals surface area contributed by atoms with Crippen molar-refractivity contribution in [2.75, 3.05) is 28.4 Å². The zero-order valence-electron chi connectivity index (χ0n) is 48.1. The van der Waals surface area contributed by atoms with Crippen molar-refractivity contribution in [3.63, 3.8) is 0 Å². The van der Waals surface area contributed by atoms with Crippen LogP contribution in [-0.4, -0.2) is 97.8 Å². The molecule has 4 N–H and O–H groups in total. The number of halogens is 2. The summed E-state index contributed by atoms with van der Waals surface area (Å²) in [5.41, 5.74) is 11.1. The Bertz CT molecular complexity index is 3610. The topological polar surface area (TPSA) is 195 Å². The average Bonchev–Trinajstić information content (AvgIpc) is 4.42. The third kappa shape index (κ3) is 15.5. The van der Waals surface area contributed by atoms with Gasteiger partial charge in [-0.05, 0) is 131 Å². The van der Waals surface area contributed by atoms with Gasteiger partial charge in [-0.1, -0.05) is 22.7 Å². The van der Waals surface area contributed by atoms with Crippen LogP contribution in [0.3, 0.4) is 0 Å². The van der Waals surface area contributed by atoms with E-state index in [1.165, 1.54) is 119 Å². The van der Waals surface area contributed by atoms with Gasteiger partial charge in [-0.2, -0.15) is 0 Å². The van der Waals surface area contributed by atoms with E-state index in [9.17, 15) is 20.4 Å². The Morgan fingerprint density at radius 3 is 1.20 bits per heavy atom. The fraction of sp³-hybridized carbons (Fsp3) is 0.323. The zero-order chi connectivity index (χ0) is 59.3.